The predicted molar refractivity (Wildman–Crippen MR) is 92.8 cm³/mol. The van der Waals surface area contributed by atoms with Crippen LogP contribution in [0.2, 0.25) is 0 Å². The molecule has 25 heavy (non-hydrogen) atoms. The van der Waals surface area contributed by atoms with Gasteiger partial charge in [0.1, 0.15) is 0 Å². The van der Waals surface area contributed by atoms with Crippen LogP contribution in [0.1, 0.15) is 11.1 Å². The molecule has 0 aliphatic carbocycles. The third-order valence-corrected chi connectivity index (χ3v) is 4.81. The van der Waals surface area contributed by atoms with Gasteiger partial charge < -0.3 is 14.9 Å². The summed E-state index contributed by atoms with van der Waals surface area (Å²) >= 11 is 1.09. The summed E-state index contributed by atoms with van der Waals surface area (Å²) in [5.74, 6) is -0.677. The zero-order chi connectivity index (χ0) is 17.8. The van der Waals surface area contributed by atoms with Crippen LogP contribution in [0.5, 0.6) is 5.95 Å². The predicted octanol–water partition coefficient (Wildman–Crippen LogP) is 2.37. The molecule has 1 aromatic heterocycles. The molecule has 0 atom stereocenters. The van der Waals surface area contributed by atoms with E-state index in [4.69, 9.17) is 4.52 Å². The lowest BCUT2D eigenvalue weighted by atomic mass is 10.1. The molecule has 128 valence electrons. The summed E-state index contributed by atoms with van der Waals surface area (Å²) in [5, 5.41) is 18.8. The van der Waals surface area contributed by atoms with Gasteiger partial charge in [-0.1, -0.05) is 30.3 Å². The standard InChI is InChI=1S/C18H17N3O3S/c1-12-7-6-10-15(13(12)2)19-16(22)11-25-17-18(23)24-20-21(17)14-8-4-3-5-9-14/h3-10H,11H2,1-2H3,(H-,19,20,22,23). The average Bonchev–Trinajstić information content (AvgIpc) is 2.98. The number of carbonyl (C=O) groups is 1. The molecule has 2 aromatic carbocycles. The van der Waals surface area contributed by atoms with Crippen molar-refractivity contribution in [1.29, 1.82) is 0 Å². The van der Waals surface area contributed by atoms with E-state index in [2.05, 4.69) is 10.6 Å². The molecule has 6 nitrogen and oxygen atoms in total. The average molecular weight is 355 g/mol. The van der Waals surface area contributed by atoms with E-state index in [1.54, 1.807) is 0 Å². The Morgan fingerprint density at radius 1 is 1.20 bits per heavy atom. The number of nitrogens with zero attached hydrogens (tertiary/aromatic N) is 2. The Balaban J connectivity index is 1.71. The summed E-state index contributed by atoms with van der Waals surface area (Å²) < 4.78 is 6.14. The highest BCUT2D eigenvalue weighted by molar-refractivity contribution is 7.99. The maximum Gasteiger partial charge on any atom is 0.298 e. The van der Waals surface area contributed by atoms with Gasteiger partial charge in [0.25, 0.3) is 5.03 Å². The number of aryl methyl sites for hydroxylation is 1. The molecule has 3 aromatic rings. The highest BCUT2D eigenvalue weighted by Crippen LogP contribution is 2.24. The van der Waals surface area contributed by atoms with Crippen LogP contribution in [0, 0.1) is 13.8 Å². The summed E-state index contributed by atoms with van der Waals surface area (Å²) in [5.41, 5.74) is 3.60. The Kier molecular flexibility index (Phi) is 5.04. The van der Waals surface area contributed by atoms with Crippen LogP contribution >= 0.6 is 11.8 Å². The third-order valence-electron chi connectivity index (χ3n) is 3.79. The van der Waals surface area contributed by atoms with Gasteiger partial charge in [0.15, 0.2) is 5.95 Å². The minimum atomic E-state index is -0.562. The molecule has 3 rings (SSSR count). The number of para-hydroxylation sites is 1. The molecule has 1 N–H and O–H groups in total. The fraction of sp³-hybridized carbons (Fsp3) is 0.167. The van der Waals surface area contributed by atoms with E-state index in [1.165, 1.54) is 4.68 Å². The SMILES string of the molecule is Cc1cccc(NC(=O)CSc2c([O-])on[n+]2-c2ccccc2)c1C. The Hall–Kier alpha value is -2.80. The van der Waals surface area contributed by atoms with Gasteiger partial charge in [0, 0.05) is 17.8 Å². The fourth-order valence-corrected chi connectivity index (χ4v) is 3.06. The molecule has 0 saturated heterocycles. The van der Waals surface area contributed by atoms with Gasteiger partial charge in [0.2, 0.25) is 11.6 Å². The number of aromatic nitrogens is 2. The summed E-state index contributed by atoms with van der Waals surface area (Å²) in [4.78, 5) is 12.2. The summed E-state index contributed by atoms with van der Waals surface area (Å²) in [6.07, 6.45) is 0. The first-order valence-electron chi connectivity index (χ1n) is 7.69. The van der Waals surface area contributed by atoms with E-state index >= 15 is 0 Å². The number of anilines is 1. The van der Waals surface area contributed by atoms with Crippen molar-refractivity contribution in [1.82, 2.24) is 5.27 Å². The number of nitrogens with one attached hydrogen (secondary N) is 1. The number of hydrogen-bond acceptors (Lipinski definition) is 5. The molecular formula is C18H17N3O3S. The first kappa shape index (κ1) is 17.0. The largest absolute Gasteiger partial charge is 0.538 e. The lowest BCUT2D eigenvalue weighted by Crippen LogP contribution is -2.35. The van der Waals surface area contributed by atoms with Crippen molar-refractivity contribution in [3.8, 4) is 11.6 Å². The minimum absolute atomic E-state index is 0.0800. The van der Waals surface area contributed by atoms with Gasteiger partial charge in [-0.15, -0.1) is 0 Å². The molecule has 7 heteroatoms. The zero-order valence-corrected chi connectivity index (χ0v) is 14.7. The van der Waals surface area contributed by atoms with Crippen molar-refractivity contribution in [2.75, 3.05) is 11.1 Å². The van der Waals surface area contributed by atoms with E-state index in [0.717, 1.165) is 28.6 Å². The van der Waals surface area contributed by atoms with E-state index in [1.807, 2.05) is 62.4 Å². The van der Waals surface area contributed by atoms with Crippen molar-refractivity contribution in [2.24, 2.45) is 0 Å². The van der Waals surface area contributed by atoms with Gasteiger partial charge in [-0.05, 0) is 47.5 Å². The summed E-state index contributed by atoms with van der Waals surface area (Å²) in [6, 6.07) is 14.9. The molecule has 1 amide bonds. The number of thioether (sulfide) groups is 1. The molecule has 0 aliphatic heterocycles. The van der Waals surface area contributed by atoms with Gasteiger partial charge >= 0.3 is 0 Å². The topological polar surface area (TPSA) is 82.1 Å². The highest BCUT2D eigenvalue weighted by Gasteiger charge is 2.22. The zero-order valence-electron chi connectivity index (χ0n) is 13.9. The smallest absolute Gasteiger partial charge is 0.298 e. The Bertz CT molecular complexity index is 894. The number of amides is 1. The first-order chi connectivity index (χ1) is 12.1. The molecule has 0 aliphatic rings. The molecule has 0 spiro atoms. The number of benzene rings is 2. The molecule has 0 radical (unpaired) electrons. The minimum Gasteiger partial charge on any atom is -0.538 e. The lowest BCUT2D eigenvalue weighted by molar-refractivity contribution is -0.705. The monoisotopic (exact) mass is 355 g/mol. The third kappa shape index (κ3) is 3.83. The molecule has 1 heterocycles. The van der Waals surface area contributed by atoms with Crippen LogP contribution in [0.3, 0.4) is 0 Å². The molecule has 0 bridgehead atoms. The van der Waals surface area contributed by atoms with Gasteiger partial charge in [-0.25, -0.2) is 0 Å². The maximum absolute atomic E-state index is 12.2. The van der Waals surface area contributed by atoms with E-state index < -0.39 is 5.95 Å². The lowest BCUT2D eigenvalue weighted by Gasteiger charge is -2.09. The fourth-order valence-electron chi connectivity index (χ4n) is 2.30. The van der Waals surface area contributed by atoms with Crippen molar-refractivity contribution >= 4 is 23.4 Å². The van der Waals surface area contributed by atoms with E-state index in [-0.39, 0.29) is 16.7 Å². The number of rotatable bonds is 5. The van der Waals surface area contributed by atoms with Crippen molar-refractivity contribution in [3.05, 3.63) is 59.7 Å². The Morgan fingerprint density at radius 3 is 2.72 bits per heavy atom. The normalized spacial score (nSPS) is 10.6. The maximum atomic E-state index is 12.2. The summed E-state index contributed by atoms with van der Waals surface area (Å²) in [7, 11) is 0. The van der Waals surface area contributed by atoms with Crippen LogP contribution in [-0.4, -0.2) is 16.9 Å². The number of hydrogen-bond donors (Lipinski definition) is 1. The molecular weight excluding hydrogens is 338 g/mol. The van der Waals surface area contributed by atoms with Crippen molar-refractivity contribution in [3.63, 3.8) is 0 Å². The van der Waals surface area contributed by atoms with Crippen LogP contribution in [-0.2, 0) is 4.79 Å². The van der Waals surface area contributed by atoms with Gasteiger partial charge in [-0.3, -0.25) is 4.79 Å². The van der Waals surface area contributed by atoms with Crippen molar-refractivity contribution < 1.29 is 19.1 Å². The Labute approximate surface area is 149 Å². The van der Waals surface area contributed by atoms with Crippen LogP contribution < -0.4 is 15.1 Å². The van der Waals surface area contributed by atoms with Gasteiger partial charge in [-0.2, -0.15) is 0 Å². The second-order valence-corrected chi connectivity index (χ2v) is 6.46. The second kappa shape index (κ2) is 7.40. The summed E-state index contributed by atoms with van der Waals surface area (Å²) in [6.45, 7) is 3.94. The Morgan fingerprint density at radius 2 is 1.96 bits per heavy atom. The van der Waals surface area contributed by atoms with Gasteiger partial charge in [0.05, 0.1) is 11.0 Å². The van der Waals surface area contributed by atoms with Crippen LogP contribution in [0.15, 0.2) is 58.1 Å². The quantitative estimate of drug-likeness (QED) is 0.561. The van der Waals surface area contributed by atoms with Crippen LogP contribution in [0.4, 0.5) is 5.69 Å². The highest BCUT2D eigenvalue weighted by atomic mass is 32.2. The van der Waals surface area contributed by atoms with Crippen molar-refractivity contribution in [2.45, 2.75) is 18.9 Å². The van der Waals surface area contributed by atoms with Crippen LogP contribution in [0.25, 0.3) is 5.69 Å². The second-order valence-electron chi connectivity index (χ2n) is 5.50. The molecule has 0 unspecified atom stereocenters. The molecule has 0 fully saturated rings. The van der Waals surface area contributed by atoms with E-state index in [0.29, 0.717) is 5.69 Å². The first-order valence-corrected chi connectivity index (χ1v) is 8.68. The number of carbonyl (C=O) groups excluding carboxylic acids is 1. The van der Waals surface area contributed by atoms with E-state index in [9.17, 15) is 9.90 Å². The molecule has 0 saturated carbocycles.